The molecule has 148 valence electrons. The first-order valence-electron chi connectivity index (χ1n) is 9.11. The van der Waals surface area contributed by atoms with Crippen LogP contribution in [-0.2, 0) is 11.0 Å². The van der Waals surface area contributed by atoms with Gasteiger partial charge in [-0.15, -0.1) is 0 Å². The van der Waals surface area contributed by atoms with Gasteiger partial charge in [0, 0.05) is 31.3 Å². The van der Waals surface area contributed by atoms with Crippen molar-refractivity contribution in [3.63, 3.8) is 0 Å². The van der Waals surface area contributed by atoms with Gasteiger partial charge < -0.3 is 9.72 Å². The number of carbonyl (C=O) groups is 1. The van der Waals surface area contributed by atoms with Crippen LogP contribution in [0.4, 0.5) is 13.2 Å². The number of benzene rings is 1. The fraction of sp³-hybridized carbons (Fsp3) is 0.333. The zero-order valence-electron chi connectivity index (χ0n) is 15.7. The molecular formula is C21H22F3N3O. The third-order valence-corrected chi connectivity index (χ3v) is 4.52. The summed E-state index contributed by atoms with van der Waals surface area (Å²) in [4.78, 5) is 16.8. The lowest BCUT2D eigenvalue weighted by Crippen LogP contribution is -2.29. The second-order valence-electron chi connectivity index (χ2n) is 7.19. The molecule has 1 aromatic carbocycles. The van der Waals surface area contributed by atoms with Crippen LogP contribution in [0.1, 0.15) is 43.0 Å². The van der Waals surface area contributed by atoms with Gasteiger partial charge in [0.15, 0.2) is 0 Å². The molecule has 0 radical (unpaired) electrons. The second-order valence-corrected chi connectivity index (χ2v) is 7.19. The number of hydrogen-bond acceptors (Lipinski definition) is 2. The minimum absolute atomic E-state index is 0.0384. The number of nitrogens with one attached hydrogen (secondary N) is 1. The maximum absolute atomic E-state index is 13.2. The summed E-state index contributed by atoms with van der Waals surface area (Å²) in [5.41, 5.74) is 1.05. The van der Waals surface area contributed by atoms with Gasteiger partial charge in [0.2, 0.25) is 5.91 Å². The Morgan fingerprint density at radius 3 is 2.68 bits per heavy atom. The fourth-order valence-electron chi connectivity index (χ4n) is 3.11. The van der Waals surface area contributed by atoms with E-state index in [9.17, 15) is 18.0 Å². The highest BCUT2D eigenvalue weighted by atomic mass is 19.4. The first-order valence-corrected chi connectivity index (χ1v) is 9.11. The number of halogens is 3. The Balaban J connectivity index is 2.01. The van der Waals surface area contributed by atoms with Crippen molar-refractivity contribution < 1.29 is 18.0 Å². The van der Waals surface area contributed by atoms with Crippen LogP contribution in [-0.4, -0.2) is 21.8 Å². The Kier molecular flexibility index (Phi) is 5.72. The van der Waals surface area contributed by atoms with E-state index in [0.717, 1.165) is 12.1 Å². The van der Waals surface area contributed by atoms with E-state index in [4.69, 9.17) is 0 Å². The van der Waals surface area contributed by atoms with E-state index >= 15 is 0 Å². The molecule has 0 fully saturated rings. The van der Waals surface area contributed by atoms with Crippen LogP contribution >= 0.6 is 0 Å². The maximum Gasteiger partial charge on any atom is 0.416 e. The molecule has 1 N–H and O–H groups in total. The molecule has 3 aromatic rings. The van der Waals surface area contributed by atoms with Crippen molar-refractivity contribution in [2.75, 3.05) is 6.54 Å². The number of aromatic nitrogens is 2. The zero-order chi connectivity index (χ0) is 20.3. The predicted octanol–water partition coefficient (Wildman–Crippen LogP) is 4.65. The van der Waals surface area contributed by atoms with E-state index in [-0.39, 0.29) is 18.2 Å². The lowest BCUT2D eigenvalue weighted by molar-refractivity contribution is -0.137. The monoisotopic (exact) mass is 389 g/mol. The summed E-state index contributed by atoms with van der Waals surface area (Å²) < 4.78 is 41.4. The summed E-state index contributed by atoms with van der Waals surface area (Å²) in [6.45, 7) is 4.48. The normalized spacial score (nSPS) is 13.1. The van der Waals surface area contributed by atoms with Crippen molar-refractivity contribution in [3.05, 3.63) is 71.7 Å². The molecule has 2 heterocycles. The highest BCUT2D eigenvalue weighted by Gasteiger charge is 2.32. The molecule has 1 atom stereocenters. The lowest BCUT2D eigenvalue weighted by Gasteiger charge is -2.19. The molecule has 0 aliphatic heterocycles. The van der Waals surface area contributed by atoms with E-state index < -0.39 is 17.7 Å². The molecule has 3 rings (SSSR count). The average molecular weight is 389 g/mol. The van der Waals surface area contributed by atoms with Gasteiger partial charge in [-0.05, 0) is 29.7 Å². The van der Waals surface area contributed by atoms with Crippen molar-refractivity contribution in [2.24, 2.45) is 5.92 Å². The highest BCUT2D eigenvalue weighted by Crippen LogP contribution is 2.34. The summed E-state index contributed by atoms with van der Waals surface area (Å²) >= 11 is 0. The van der Waals surface area contributed by atoms with Crippen molar-refractivity contribution in [1.29, 1.82) is 0 Å². The summed E-state index contributed by atoms with van der Waals surface area (Å²) in [6, 6.07) is 10.6. The maximum atomic E-state index is 13.2. The lowest BCUT2D eigenvalue weighted by atomic mass is 9.91. The quantitative estimate of drug-likeness (QED) is 0.667. The Hall–Kier alpha value is -2.83. The van der Waals surface area contributed by atoms with Gasteiger partial charge in [0.25, 0.3) is 0 Å². The van der Waals surface area contributed by atoms with Gasteiger partial charge in [-0.2, -0.15) is 13.2 Å². The molecule has 1 unspecified atom stereocenters. The summed E-state index contributed by atoms with van der Waals surface area (Å²) in [6.07, 6.45) is -0.989. The minimum atomic E-state index is -4.44. The van der Waals surface area contributed by atoms with Crippen LogP contribution in [0.15, 0.2) is 54.9 Å². The van der Waals surface area contributed by atoms with Crippen LogP contribution in [0, 0.1) is 5.92 Å². The van der Waals surface area contributed by atoms with Gasteiger partial charge in [-0.3, -0.25) is 4.79 Å². The Labute approximate surface area is 161 Å². The van der Waals surface area contributed by atoms with Crippen LogP contribution in [0.25, 0.3) is 5.65 Å². The molecule has 28 heavy (non-hydrogen) atoms. The number of rotatable bonds is 6. The number of amides is 1. The van der Waals surface area contributed by atoms with Crippen LogP contribution in [0.2, 0.25) is 0 Å². The molecule has 7 heteroatoms. The average Bonchev–Trinajstić information content (AvgIpc) is 3.08. The summed E-state index contributed by atoms with van der Waals surface area (Å²) in [5, 5.41) is 2.85. The number of nitrogens with zero attached hydrogens (tertiary/aromatic N) is 2. The molecule has 0 spiro atoms. The number of fused-ring (bicyclic) bond motifs is 1. The SMILES string of the molecule is CC(C)CNC(=O)CC(c1cccc(C(F)(F)F)c1)c1cnc2ccccn12. The molecule has 4 nitrogen and oxygen atoms in total. The largest absolute Gasteiger partial charge is 0.416 e. The number of pyridine rings is 1. The Morgan fingerprint density at radius 1 is 1.18 bits per heavy atom. The molecule has 0 saturated heterocycles. The summed E-state index contributed by atoms with van der Waals surface area (Å²) in [7, 11) is 0. The number of alkyl halides is 3. The summed E-state index contributed by atoms with van der Waals surface area (Å²) in [5.74, 6) is -0.472. The molecule has 1 amide bonds. The van der Waals surface area contributed by atoms with E-state index in [0.29, 0.717) is 23.4 Å². The topological polar surface area (TPSA) is 46.4 Å². The predicted molar refractivity (Wildman–Crippen MR) is 101 cm³/mol. The third kappa shape index (κ3) is 4.52. The van der Waals surface area contributed by atoms with Crippen molar-refractivity contribution >= 4 is 11.6 Å². The Bertz CT molecular complexity index is 963. The molecule has 0 aliphatic rings. The van der Waals surface area contributed by atoms with Crippen molar-refractivity contribution in [1.82, 2.24) is 14.7 Å². The Morgan fingerprint density at radius 2 is 1.96 bits per heavy atom. The van der Waals surface area contributed by atoms with E-state index in [2.05, 4.69) is 10.3 Å². The van der Waals surface area contributed by atoms with Gasteiger partial charge in [0.05, 0.1) is 11.3 Å². The highest BCUT2D eigenvalue weighted by molar-refractivity contribution is 5.77. The van der Waals surface area contributed by atoms with Crippen LogP contribution in [0.5, 0.6) is 0 Å². The first-order chi connectivity index (χ1) is 13.3. The third-order valence-electron chi connectivity index (χ3n) is 4.52. The number of carbonyl (C=O) groups excluding carboxylic acids is 1. The molecule has 0 bridgehead atoms. The van der Waals surface area contributed by atoms with E-state index in [1.54, 1.807) is 22.9 Å². The second kappa shape index (κ2) is 8.04. The molecular weight excluding hydrogens is 367 g/mol. The van der Waals surface area contributed by atoms with E-state index in [1.165, 1.54) is 6.07 Å². The van der Waals surface area contributed by atoms with Crippen LogP contribution < -0.4 is 5.32 Å². The van der Waals surface area contributed by atoms with Crippen LogP contribution in [0.3, 0.4) is 0 Å². The van der Waals surface area contributed by atoms with E-state index in [1.807, 2.05) is 32.0 Å². The number of hydrogen-bond donors (Lipinski definition) is 1. The minimum Gasteiger partial charge on any atom is -0.356 e. The molecule has 0 aliphatic carbocycles. The van der Waals surface area contributed by atoms with Crippen molar-refractivity contribution in [3.8, 4) is 0 Å². The number of imidazole rings is 1. The van der Waals surface area contributed by atoms with Gasteiger partial charge in [0.1, 0.15) is 5.65 Å². The van der Waals surface area contributed by atoms with Gasteiger partial charge in [-0.25, -0.2) is 4.98 Å². The standard InChI is InChI=1S/C21H22F3N3O/c1-14(2)12-26-20(28)11-17(15-6-5-7-16(10-15)21(22,23)24)18-13-25-19-8-3-4-9-27(18)19/h3-10,13-14,17H,11-12H2,1-2H3,(H,26,28). The van der Waals surface area contributed by atoms with Gasteiger partial charge >= 0.3 is 6.18 Å². The smallest absolute Gasteiger partial charge is 0.356 e. The molecule has 2 aromatic heterocycles. The molecule has 0 saturated carbocycles. The van der Waals surface area contributed by atoms with Crippen molar-refractivity contribution in [2.45, 2.75) is 32.4 Å². The fourth-order valence-corrected chi connectivity index (χ4v) is 3.11. The first kappa shape index (κ1) is 19.9. The zero-order valence-corrected chi connectivity index (χ0v) is 15.7. The van der Waals surface area contributed by atoms with Gasteiger partial charge in [-0.1, -0.05) is 38.1 Å².